The molecule has 0 fully saturated rings. The van der Waals surface area contributed by atoms with Crippen LogP contribution in [0.25, 0.3) is 0 Å². The van der Waals surface area contributed by atoms with Crippen LogP contribution in [0.4, 0.5) is 0 Å². The van der Waals surface area contributed by atoms with Crippen molar-refractivity contribution in [1.82, 2.24) is 0 Å². The third-order valence-electron chi connectivity index (χ3n) is 4.05. The van der Waals surface area contributed by atoms with Crippen molar-refractivity contribution in [3.05, 3.63) is 71.8 Å². The first-order chi connectivity index (χ1) is 12.3. The van der Waals surface area contributed by atoms with Gasteiger partial charge >= 0.3 is 5.97 Å². The van der Waals surface area contributed by atoms with E-state index >= 15 is 0 Å². The summed E-state index contributed by atoms with van der Waals surface area (Å²) < 4.78 is 0. The van der Waals surface area contributed by atoms with Gasteiger partial charge in [0.2, 0.25) is 5.12 Å². The molecule has 0 aliphatic carbocycles. The quantitative estimate of drug-likeness (QED) is 0.525. The Morgan fingerprint density at radius 2 is 1.48 bits per heavy atom. The lowest BCUT2D eigenvalue weighted by Crippen LogP contribution is -2.32. The smallest absolute Gasteiger partial charge is 0.320 e. The lowest BCUT2D eigenvalue weighted by molar-refractivity contribution is -0.138. The predicted molar refractivity (Wildman–Crippen MR) is 114 cm³/mol. The SMILES string of the molecule is C[C@@H](c1ccccc1)[C@@H](N)C(=O)S.Cl.NC(CCc1ccccc1)C(=O)O. The van der Waals surface area contributed by atoms with Crippen LogP contribution >= 0.6 is 25.0 Å². The van der Waals surface area contributed by atoms with E-state index in [0.717, 1.165) is 11.1 Å². The summed E-state index contributed by atoms with van der Waals surface area (Å²) in [5.41, 5.74) is 13.2. The average Bonchev–Trinajstić information content (AvgIpc) is 2.66. The van der Waals surface area contributed by atoms with Crippen LogP contribution in [-0.4, -0.2) is 28.3 Å². The number of nitrogens with two attached hydrogens (primary N) is 2. The van der Waals surface area contributed by atoms with Crippen LogP contribution in [0.2, 0.25) is 0 Å². The number of carbonyl (C=O) groups is 2. The first-order valence-corrected chi connectivity index (χ1v) is 8.83. The Morgan fingerprint density at radius 1 is 1.00 bits per heavy atom. The molecule has 5 nitrogen and oxygen atoms in total. The Balaban J connectivity index is 0.000000483. The highest BCUT2D eigenvalue weighted by Gasteiger charge is 2.18. The Bertz CT molecular complexity index is 686. The van der Waals surface area contributed by atoms with Gasteiger partial charge in [0.25, 0.3) is 0 Å². The summed E-state index contributed by atoms with van der Waals surface area (Å²) in [7, 11) is 0. The third kappa shape index (κ3) is 9.58. The Kier molecular flexibility index (Phi) is 12.4. The molecule has 1 unspecified atom stereocenters. The molecule has 2 rings (SSSR count). The molecule has 0 amide bonds. The minimum Gasteiger partial charge on any atom is -0.480 e. The highest BCUT2D eigenvalue weighted by atomic mass is 35.5. The van der Waals surface area contributed by atoms with Gasteiger partial charge in [0, 0.05) is 5.92 Å². The molecular formula is C20H27ClN2O3S. The van der Waals surface area contributed by atoms with Crippen molar-refractivity contribution >= 4 is 36.1 Å². The Morgan fingerprint density at radius 3 is 1.93 bits per heavy atom. The van der Waals surface area contributed by atoms with Crippen molar-refractivity contribution in [1.29, 1.82) is 0 Å². The molecule has 148 valence electrons. The van der Waals surface area contributed by atoms with E-state index in [0.29, 0.717) is 12.8 Å². The topological polar surface area (TPSA) is 106 Å². The molecule has 0 saturated carbocycles. The second-order valence-electron chi connectivity index (χ2n) is 6.03. The normalized spacial score (nSPS) is 13.2. The highest BCUT2D eigenvalue weighted by molar-refractivity contribution is 7.96. The number of rotatable bonds is 7. The lowest BCUT2D eigenvalue weighted by atomic mass is 9.95. The van der Waals surface area contributed by atoms with Gasteiger partial charge in [-0.2, -0.15) is 0 Å². The van der Waals surface area contributed by atoms with E-state index in [2.05, 4.69) is 12.6 Å². The number of hydrogen-bond donors (Lipinski definition) is 4. The van der Waals surface area contributed by atoms with Gasteiger partial charge in [0.15, 0.2) is 0 Å². The van der Waals surface area contributed by atoms with Crippen molar-refractivity contribution < 1.29 is 14.7 Å². The summed E-state index contributed by atoms with van der Waals surface area (Å²) in [6.45, 7) is 1.92. The van der Waals surface area contributed by atoms with Crippen LogP contribution < -0.4 is 11.5 Å². The summed E-state index contributed by atoms with van der Waals surface area (Å²) in [5.74, 6) is -0.915. The Labute approximate surface area is 172 Å². The fourth-order valence-corrected chi connectivity index (χ4v) is 2.49. The van der Waals surface area contributed by atoms with Gasteiger partial charge in [-0.3, -0.25) is 9.59 Å². The number of aliphatic carboxylic acids is 1. The first kappa shape index (κ1) is 25.1. The zero-order chi connectivity index (χ0) is 19.5. The maximum absolute atomic E-state index is 10.9. The van der Waals surface area contributed by atoms with E-state index < -0.39 is 18.1 Å². The number of hydrogen-bond acceptors (Lipinski definition) is 4. The van der Waals surface area contributed by atoms with Gasteiger partial charge in [-0.05, 0) is 24.0 Å². The molecule has 2 aromatic carbocycles. The third-order valence-corrected chi connectivity index (χ3v) is 4.35. The number of aryl methyl sites for hydroxylation is 1. The molecule has 7 heteroatoms. The van der Waals surface area contributed by atoms with Crippen molar-refractivity contribution in [2.45, 2.75) is 37.8 Å². The summed E-state index contributed by atoms with van der Waals surface area (Å²) in [6, 6.07) is 18.2. The van der Waals surface area contributed by atoms with Crippen LogP contribution in [0.3, 0.4) is 0 Å². The molecule has 0 radical (unpaired) electrons. The molecule has 2 aromatic rings. The second kappa shape index (κ2) is 13.3. The van der Waals surface area contributed by atoms with E-state index in [-0.39, 0.29) is 23.4 Å². The largest absolute Gasteiger partial charge is 0.480 e. The minimum absolute atomic E-state index is 0. The highest BCUT2D eigenvalue weighted by Crippen LogP contribution is 2.18. The molecule has 3 atom stereocenters. The summed E-state index contributed by atoms with van der Waals surface area (Å²) in [6.07, 6.45) is 1.20. The number of carboxylic acid groups (broad SMARTS) is 1. The Hall–Kier alpha value is -1.86. The first-order valence-electron chi connectivity index (χ1n) is 8.38. The monoisotopic (exact) mass is 410 g/mol. The molecule has 0 aliphatic heterocycles. The zero-order valence-corrected chi connectivity index (χ0v) is 16.9. The minimum atomic E-state index is -0.934. The van der Waals surface area contributed by atoms with Crippen LogP contribution in [0, 0.1) is 0 Å². The van der Waals surface area contributed by atoms with Crippen molar-refractivity contribution in [2.75, 3.05) is 0 Å². The van der Waals surface area contributed by atoms with Gasteiger partial charge in [-0.15, -0.1) is 25.0 Å². The van der Waals surface area contributed by atoms with Crippen LogP contribution in [-0.2, 0) is 16.0 Å². The fourth-order valence-electron chi connectivity index (χ4n) is 2.27. The lowest BCUT2D eigenvalue weighted by Gasteiger charge is -2.16. The van der Waals surface area contributed by atoms with Crippen LogP contribution in [0.1, 0.15) is 30.4 Å². The number of halogens is 1. The standard InChI is InChI=1S/C10H13NO2.C10H13NOS.ClH/c11-9(10(12)13)7-6-8-4-2-1-3-5-8;1-7(9(11)10(12)13)8-5-3-2-4-6-8;/h1-5,9H,6-7,11H2,(H,12,13);2-7,9H,11H2,1H3,(H,12,13);1H/t;7-,9+;/m.0./s1. The number of carboxylic acids is 1. The molecule has 27 heavy (non-hydrogen) atoms. The zero-order valence-electron chi connectivity index (χ0n) is 15.2. The maximum atomic E-state index is 10.9. The number of benzene rings is 2. The van der Waals surface area contributed by atoms with E-state index in [1.807, 2.05) is 67.6 Å². The predicted octanol–water partition coefficient (Wildman–Crippen LogP) is 3.03. The molecule has 0 aromatic heterocycles. The van der Waals surface area contributed by atoms with Gasteiger partial charge in [0.1, 0.15) is 6.04 Å². The van der Waals surface area contributed by atoms with Crippen LogP contribution in [0.5, 0.6) is 0 Å². The second-order valence-corrected chi connectivity index (χ2v) is 6.47. The average molecular weight is 411 g/mol. The molecule has 0 heterocycles. The summed E-state index contributed by atoms with van der Waals surface area (Å²) in [5, 5.41) is 8.27. The molecular weight excluding hydrogens is 384 g/mol. The molecule has 0 saturated heterocycles. The van der Waals surface area contributed by atoms with Crippen molar-refractivity contribution in [3.63, 3.8) is 0 Å². The van der Waals surface area contributed by atoms with E-state index in [9.17, 15) is 9.59 Å². The van der Waals surface area contributed by atoms with E-state index in [1.54, 1.807) is 0 Å². The van der Waals surface area contributed by atoms with Gasteiger partial charge in [-0.1, -0.05) is 67.6 Å². The number of carbonyl (C=O) groups excluding carboxylic acids is 1. The van der Waals surface area contributed by atoms with E-state index in [4.69, 9.17) is 16.6 Å². The van der Waals surface area contributed by atoms with Crippen LogP contribution in [0.15, 0.2) is 60.7 Å². The van der Waals surface area contributed by atoms with Crippen molar-refractivity contribution in [2.24, 2.45) is 11.5 Å². The maximum Gasteiger partial charge on any atom is 0.320 e. The molecule has 0 bridgehead atoms. The van der Waals surface area contributed by atoms with Gasteiger partial charge in [0.05, 0.1) is 6.04 Å². The molecule has 5 N–H and O–H groups in total. The number of thiol groups is 1. The van der Waals surface area contributed by atoms with Gasteiger partial charge in [-0.25, -0.2) is 0 Å². The van der Waals surface area contributed by atoms with Gasteiger partial charge < -0.3 is 16.6 Å². The summed E-state index contributed by atoms with van der Waals surface area (Å²) in [4.78, 5) is 21.3. The summed E-state index contributed by atoms with van der Waals surface area (Å²) >= 11 is 3.72. The van der Waals surface area contributed by atoms with Crippen molar-refractivity contribution in [3.8, 4) is 0 Å². The van der Waals surface area contributed by atoms with E-state index in [1.165, 1.54) is 0 Å². The fraction of sp³-hybridized carbons (Fsp3) is 0.300. The molecule has 0 spiro atoms. The molecule has 0 aliphatic rings.